The van der Waals surface area contributed by atoms with Gasteiger partial charge in [-0.2, -0.15) is 13.2 Å². The van der Waals surface area contributed by atoms with E-state index in [0.29, 0.717) is 6.07 Å². The molecule has 0 bridgehead atoms. The van der Waals surface area contributed by atoms with Gasteiger partial charge in [0, 0.05) is 18.1 Å². The van der Waals surface area contributed by atoms with Crippen molar-refractivity contribution in [3.63, 3.8) is 0 Å². The van der Waals surface area contributed by atoms with Gasteiger partial charge in [-0.3, -0.25) is 4.79 Å². The molecule has 0 atom stereocenters. The van der Waals surface area contributed by atoms with E-state index in [0.717, 1.165) is 24.3 Å². The molecule has 0 saturated carbocycles. The van der Waals surface area contributed by atoms with Gasteiger partial charge in [-0.25, -0.2) is 22.5 Å². The molecule has 0 aliphatic heterocycles. The standard InChI is InChI=1S/C18H14F4N4O3S/c19-15-9-13(4-5-16(15)26-7-6-23-11-26)25-17(27)10-24-30(28,29)14-3-1-2-12(8-14)18(20,21)22/h1-9,11,24H,10H2,(H,25,27). The Hall–Kier alpha value is -3.25. The summed E-state index contributed by atoms with van der Waals surface area (Å²) in [6.07, 6.45) is -0.333. The molecule has 0 fully saturated rings. The third-order valence-corrected chi connectivity index (χ3v) is 5.31. The molecule has 1 amide bonds. The largest absolute Gasteiger partial charge is 0.416 e. The van der Waals surface area contributed by atoms with Gasteiger partial charge in [0.25, 0.3) is 0 Å². The molecule has 7 nitrogen and oxygen atoms in total. The Kier molecular flexibility index (Phi) is 5.89. The summed E-state index contributed by atoms with van der Waals surface area (Å²) < 4.78 is 80.1. The number of alkyl halides is 3. The van der Waals surface area contributed by atoms with E-state index < -0.39 is 44.9 Å². The SMILES string of the molecule is O=C(CNS(=O)(=O)c1cccc(C(F)(F)F)c1)Nc1ccc(-n2ccnc2)c(F)c1. The number of halogens is 4. The van der Waals surface area contributed by atoms with Gasteiger partial charge < -0.3 is 9.88 Å². The fourth-order valence-electron chi connectivity index (χ4n) is 2.48. The van der Waals surface area contributed by atoms with Crippen molar-refractivity contribution in [1.82, 2.24) is 14.3 Å². The number of nitrogens with zero attached hydrogens (tertiary/aromatic N) is 2. The monoisotopic (exact) mass is 442 g/mol. The van der Waals surface area contributed by atoms with Gasteiger partial charge in [0.2, 0.25) is 15.9 Å². The van der Waals surface area contributed by atoms with E-state index in [9.17, 15) is 30.8 Å². The van der Waals surface area contributed by atoms with E-state index >= 15 is 0 Å². The minimum Gasteiger partial charge on any atom is -0.325 e. The molecule has 0 unspecified atom stereocenters. The molecule has 1 aromatic heterocycles. The van der Waals surface area contributed by atoms with Crippen molar-refractivity contribution in [3.8, 4) is 5.69 Å². The van der Waals surface area contributed by atoms with Crippen LogP contribution in [0.5, 0.6) is 0 Å². The first-order valence-electron chi connectivity index (χ1n) is 8.31. The Morgan fingerprint density at radius 3 is 2.53 bits per heavy atom. The Labute approximate surface area is 168 Å². The Balaban J connectivity index is 1.65. The lowest BCUT2D eigenvalue weighted by molar-refractivity contribution is -0.137. The highest BCUT2D eigenvalue weighted by Gasteiger charge is 2.31. The van der Waals surface area contributed by atoms with Crippen molar-refractivity contribution in [1.29, 1.82) is 0 Å². The molecule has 2 N–H and O–H groups in total. The van der Waals surface area contributed by atoms with Crippen LogP contribution in [-0.2, 0) is 21.0 Å². The van der Waals surface area contributed by atoms with Crippen LogP contribution in [0.4, 0.5) is 23.2 Å². The van der Waals surface area contributed by atoms with Crippen molar-refractivity contribution < 1.29 is 30.8 Å². The predicted octanol–water partition coefficient (Wildman–Crippen LogP) is 2.95. The van der Waals surface area contributed by atoms with E-state index in [2.05, 4.69) is 10.3 Å². The molecule has 3 rings (SSSR count). The molecule has 3 aromatic rings. The fraction of sp³-hybridized carbons (Fsp3) is 0.111. The van der Waals surface area contributed by atoms with Crippen LogP contribution in [0, 0.1) is 5.82 Å². The van der Waals surface area contributed by atoms with E-state index in [4.69, 9.17) is 0 Å². The van der Waals surface area contributed by atoms with Gasteiger partial charge in [-0.15, -0.1) is 0 Å². The zero-order valence-corrected chi connectivity index (χ0v) is 15.8. The Morgan fingerprint density at radius 1 is 1.13 bits per heavy atom. The summed E-state index contributed by atoms with van der Waals surface area (Å²) in [4.78, 5) is 15.1. The quantitative estimate of drug-likeness (QED) is 0.574. The van der Waals surface area contributed by atoms with Crippen LogP contribution in [0.1, 0.15) is 5.56 Å². The third kappa shape index (κ3) is 5.02. The molecule has 1 heterocycles. The minimum absolute atomic E-state index is 0.0691. The lowest BCUT2D eigenvalue weighted by atomic mass is 10.2. The zero-order chi connectivity index (χ0) is 21.9. The summed E-state index contributed by atoms with van der Waals surface area (Å²) in [6.45, 7) is -0.760. The number of sulfonamides is 1. The van der Waals surface area contributed by atoms with Gasteiger partial charge in [0.15, 0.2) is 0 Å². The van der Waals surface area contributed by atoms with E-state index in [1.165, 1.54) is 35.4 Å². The average Bonchev–Trinajstić information content (AvgIpc) is 3.20. The number of anilines is 1. The smallest absolute Gasteiger partial charge is 0.325 e. The summed E-state index contributed by atoms with van der Waals surface area (Å²) in [6, 6.07) is 6.94. The number of nitrogens with one attached hydrogen (secondary N) is 2. The fourth-order valence-corrected chi connectivity index (χ4v) is 3.51. The van der Waals surface area contributed by atoms with Crippen molar-refractivity contribution in [3.05, 3.63) is 72.6 Å². The van der Waals surface area contributed by atoms with Crippen LogP contribution in [0.3, 0.4) is 0 Å². The number of hydrogen-bond donors (Lipinski definition) is 2. The van der Waals surface area contributed by atoms with Gasteiger partial charge in [-0.1, -0.05) is 6.07 Å². The molecule has 2 aromatic carbocycles. The minimum atomic E-state index is -4.71. The molecule has 158 valence electrons. The van der Waals surface area contributed by atoms with Gasteiger partial charge in [0.1, 0.15) is 5.82 Å². The first-order valence-corrected chi connectivity index (χ1v) is 9.79. The maximum absolute atomic E-state index is 14.2. The van der Waals surface area contributed by atoms with Crippen molar-refractivity contribution in [2.24, 2.45) is 0 Å². The maximum atomic E-state index is 14.2. The number of benzene rings is 2. The topological polar surface area (TPSA) is 93.1 Å². The number of hydrogen-bond acceptors (Lipinski definition) is 4. The van der Waals surface area contributed by atoms with Gasteiger partial charge in [0.05, 0.1) is 29.0 Å². The Morgan fingerprint density at radius 2 is 1.90 bits per heavy atom. The Bertz CT molecular complexity index is 1160. The molecular weight excluding hydrogens is 428 g/mol. The summed E-state index contributed by atoms with van der Waals surface area (Å²) in [5.41, 5.74) is -0.876. The van der Waals surface area contributed by atoms with Crippen LogP contribution < -0.4 is 10.0 Å². The second-order valence-electron chi connectivity index (χ2n) is 6.03. The van der Waals surface area contributed by atoms with Crippen LogP contribution in [0.2, 0.25) is 0 Å². The number of aromatic nitrogens is 2. The van der Waals surface area contributed by atoms with Crippen molar-refractivity contribution in [2.75, 3.05) is 11.9 Å². The lowest BCUT2D eigenvalue weighted by Gasteiger charge is -2.11. The molecule has 30 heavy (non-hydrogen) atoms. The highest BCUT2D eigenvalue weighted by Crippen LogP contribution is 2.30. The molecule has 0 spiro atoms. The van der Waals surface area contributed by atoms with E-state index in [1.807, 2.05) is 4.72 Å². The van der Waals surface area contributed by atoms with Crippen LogP contribution >= 0.6 is 0 Å². The second kappa shape index (κ2) is 8.24. The number of carbonyl (C=O) groups excluding carboxylic acids is 1. The second-order valence-corrected chi connectivity index (χ2v) is 7.80. The molecule has 0 saturated heterocycles. The summed E-state index contributed by atoms with van der Waals surface area (Å²) in [7, 11) is -4.37. The number of rotatable bonds is 6. The summed E-state index contributed by atoms with van der Waals surface area (Å²) >= 11 is 0. The van der Waals surface area contributed by atoms with Crippen LogP contribution in [-0.4, -0.2) is 30.4 Å². The molecule has 0 aliphatic carbocycles. The maximum Gasteiger partial charge on any atom is 0.416 e. The lowest BCUT2D eigenvalue weighted by Crippen LogP contribution is -2.33. The first kappa shape index (κ1) is 21.5. The normalized spacial score (nSPS) is 12.0. The molecule has 0 radical (unpaired) electrons. The predicted molar refractivity (Wildman–Crippen MR) is 98.8 cm³/mol. The molecular formula is C18H14F4N4O3S. The number of imidazole rings is 1. The van der Waals surface area contributed by atoms with Gasteiger partial charge in [-0.05, 0) is 36.4 Å². The summed E-state index contributed by atoms with van der Waals surface area (Å²) in [5, 5.41) is 2.30. The third-order valence-electron chi connectivity index (χ3n) is 3.91. The van der Waals surface area contributed by atoms with Gasteiger partial charge >= 0.3 is 6.18 Å². The highest BCUT2D eigenvalue weighted by molar-refractivity contribution is 7.89. The highest BCUT2D eigenvalue weighted by atomic mass is 32.2. The van der Waals surface area contributed by atoms with Crippen LogP contribution in [0.25, 0.3) is 5.69 Å². The number of carbonyl (C=O) groups is 1. The first-order chi connectivity index (χ1) is 14.1. The van der Waals surface area contributed by atoms with Crippen molar-refractivity contribution >= 4 is 21.6 Å². The zero-order valence-electron chi connectivity index (χ0n) is 15.0. The van der Waals surface area contributed by atoms with E-state index in [-0.39, 0.29) is 11.4 Å². The molecule has 12 heteroatoms. The number of amides is 1. The molecule has 0 aliphatic rings. The van der Waals surface area contributed by atoms with Crippen molar-refractivity contribution in [2.45, 2.75) is 11.1 Å². The summed E-state index contributed by atoms with van der Waals surface area (Å²) in [5.74, 6) is -1.49. The average molecular weight is 442 g/mol. The van der Waals surface area contributed by atoms with Crippen LogP contribution in [0.15, 0.2) is 66.1 Å². The van der Waals surface area contributed by atoms with E-state index in [1.54, 1.807) is 0 Å².